The maximum atomic E-state index is 8.75. The molecule has 0 spiro atoms. The molecule has 0 amide bonds. The number of hydrogen-bond acceptors (Lipinski definition) is 2. The number of unbranched alkanes of at least 4 members (excludes halogenated alkanes) is 1. The second kappa shape index (κ2) is 12.8. The highest BCUT2D eigenvalue weighted by molar-refractivity contribution is 8.32. The van der Waals surface area contributed by atoms with E-state index in [4.69, 9.17) is 5.26 Å². The predicted octanol–water partition coefficient (Wildman–Crippen LogP) is 6.02. The summed E-state index contributed by atoms with van der Waals surface area (Å²) < 4.78 is 0. The molecule has 0 N–H and O–H groups in total. The third-order valence-electron chi connectivity index (χ3n) is 4.79. The number of rotatable bonds is 11. The highest BCUT2D eigenvalue weighted by atomic mass is 32.3. The molecule has 29 heavy (non-hydrogen) atoms. The van der Waals surface area contributed by atoms with Gasteiger partial charge in [0.05, 0.1) is 6.07 Å². The zero-order valence-corrected chi connectivity index (χ0v) is 20.2. The highest BCUT2D eigenvalue weighted by Gasteiger charge is 2.12. The van der Waals surface area contributed by atoms with Crippen molar-refractivity contribution in [1.82, 2.24) is 4.90 Å². The van der Waals surface area contributed by atoms with Gasteiger partial charge in [-0.1, -0.05) is 49.1 Å². The van der Waals surface area contributed by atoms with Crippen LogP contribution in [0.15, 0.2) is 36.4 Å². The van der Waals surface area contributed by atoms with Gasteiger partial charge in [0.2, 0.25) is 0 Å². The Morgan fingerprint density at radius 3 is 2.52 bits per heavy atom. The van der Waals surface area contributed by atoms with Crippen LogP contribution in [0.5, 0.6) is 0 Å². The third kappa shape index (κ3) is 12.5. The fraction of sp³-hybridized carbons (Fsp3) is 0.577. The Labute approximate surface area is 181 Å². The lowest BCUT2D eigenvalue weighted by Crippen LogP contribution is -2.22. The minimum absolute atomic E-state index is 0.0568. The molecule has 0 saturated heterocycles. The Bertz CT molecular complexity index is 738. The van der Waals surface area contributed by atoms with Gasteiger partial charge in [-0.15, -0.1) is 0 Å². The molecule has 0 radical (unpaired) electrons. The van der Waals surface area contributed by atoms with Crippen molar-refractivity contribution in [3.63, 3.8) is 0 Å². The zero-order chi connectivity index (χ0) is 21.8. The highest BCUT2D eigenvalue weighted by Crippen LogP contribution is 2.41. The molecule has 0 aliphatic carbocycles. The van der Waals surface area contributed by atoms with Gasteiger partial charge in [0.25, 0.3) is 0 Å². The van der Waals surface area contributed by atoms with Crippen LogP contribution < -0.4 is 0 Å². The lowest BCUT2D eigenvalue weighted by molar-refractivity contribution is 0.311. The van der Waals surface area contributed by atoms with Gasteiger partial charge in [-0.05, 0) is 81.4 Å². The van der Waals surface area contributed by atoms with Crippen molar-refractivity contribution in [3.8, 4) is 17.9 Å². The topological polar surface area (TPSA) is 27.0 Å². The summed E-state index contributed by atoms with van der Waals surface area (Å²) in [7, 11) is -0.604. The summed E-state index contributed by atoms with van der Waals surface area (Å²) in [5, 5.41) is 8.75. The summed E-state index contributed by atoms with van der Waals surface area (Å²) >= 11 is 0. The van der Waals surface area contributed by atoms with E-state index in [1.807, 2.05) is 6.08 Å². The van der Waals surface area contributed by atoms with E-state index in [9.17, 15) is 0 Å². The van der Waals surface area contributed by atoms with Gasteiger partial charge in [-0.25, -0.2) is 10.0 Å². The Morgan fingerprint density at radius 2 is 1.86 bits per heavy atom. The Kier molecular flexibility index (Phi) is 11.2. The van der Waals surface area contributed by atoms with E-state index in [2.05, 4.69) is 93.4 Å². The molecule has 0 saturated carbocycles. The molecule has 0 fully saturated rings. The fourth-order valence-electron chi connectivity index (χ4n) is 3.00. The molecule has 0 aliphatic heterocycles. The van der Waals surface area contributed by atoms with Crippen molar-refractivity contribution in [2.24, 2.45) is 5.41 Å². The van der Waals surface area contributed by atoms with Crippen molar-refractivity contribution < 1.29 is 0 Å². The fourth-order valence-corrected chi connectivity index (χ4v) is 4.92. The van der Waals surface area contributed by atoms with Crippen LogP contribution in [0, 0.1) is 28.6 Å². The van der Waals surface area contributed by atoms with Crippen molar-refractivity contribution in [3.05, 3.63) is 47.5 Å². The van der Waals surface area contributed by atoms with Crippen LogP contribution >= 0.6 is 10.0 Å². The van der Waals surface area contributed by atoms with E-state index < -0.39 is 10.0 Å². The normalized spacial score (nSPS) is 12.6. The summed E-state index contributed by atoms with van der Waals surface area (Å²) in [6.45, 7) is 11.5. The second-order valence-corrected chi connectivity index (χ2v) is 13.6. The van der Waals surface area contributed by atoms with Crippen molar-refractivity contribution >= 4 is 10.0 Å². The number of aryl methyl sites for hydroxylation is 1. The van der Waals surface area contributed by atoms with Crippen LogP contribution in [-0.4, -0.2) is 42.0 Å². The maximum absolute atomic E-state index is 8.75. The van der Waals surface area contributed by atoms with Crippen LogP contribution in [0.2, 0.25) is 0 Å². The van der Waals surface area contributed by atoms with Gasteiger partial charge in [0.1, 0.15) is 0 Å². The first-order valence-electron chi connectivity index (χ1n) is 10.7. The molecule has 1 aromatic carbocycles. The zero-order valence-electron chi connectivity index (χ0n) is 19.4. The van der Waals surface area contributed by atoms with Crippen LogP contribution in [0.4, 0.5) is 0 Å². The molecule has 2 nitrogen and oxygen atoms in total. The molecule has 0 atom stereocenters. The monoisotopic (exact) mass is 412 g/mol. The molecule has 1 aromatic rings. The SMILES string of the molecule is CCN(C/C=C/C#CC(C)(C)C)Cc1cccc(CCS(C)(C)CCCC#N)c1. The summed E-state index contributed by atoms with van der Waals surface area (Å²) in [4.78, 5) is 2.44. The first-order chi connectivity index (χ1) is 13.6. The smallest absolute Gasteiger partial charge is 0.0622 e. The van der Waals surface area contributed by atoms with Gasteiger partial charge >= 0.3 is 0 Å². The van der Waals surface area contributed by atoms with E-state index in [0.717, 1.165) is 32.5 Å². The molecule has 0 aromatic heterocycles. The maximum Gasteiger partial charge on any atom is 0.0622 e. The summed E-state index contributed by atoms with van der Waals surface area (Å²) in [5.41, 5.74) is 2.88. The molecule has 160 valence electrons. The molecular formula is C26H40N2S. The number of likely N-dealkylation sites (N-methyl/N-ethyl adjacent to an activating group) is 1. The van der Waals surface area contributed by atoms with Crippen molar-refractivity contribution in [2.75, 3.05) is 37.1 Å². The number of hydrogen-bond donors (Lipinski definition) is 0. The average Bonchev–Trinajstić information content (AvgIpc) is 2.65. The minimum Gasteiger partial charge on any atom is -0.296 e. The van der Waals surface area contributed by atoms with E-state index in [1.54, 1.807) is 0 Å². The number of allylic oxidation sites excluding steroid dienone is 1. The van der Waals surface area contributed by atoms with Crippen LogP contribution in [-0.2, 0) is 13.0 Å². The average molecular weight is 413 g/mol. The number of benzene rings is 1. The summed E-state index contributed by atoms with van der Waals surface area (Å²) in [6, 6.07) is 11.3. The summed E-state index contributed by atoms with van der Waals surface area (Å²) in [6.07, 6.45) is 11.8. The first kappa shape index (κ1) is 25.4. The van der Waals surface area contributed by atoms with Gasteiger partial charge in [-0.3, -0.25) is 4.90 Å². The van der Waals surface area contributed by atoms with E-state index in [1.165, 1.54) is 22.6 Å². The molecule has 0 unspecified atom stereocenters. The number of nitrogens with zero attached hydrogens (tertiary/aromatic N) is 2. The summed E-state index contributed by atoms with van der Waals surface area (Å²) in [5.74, 6) is 8.85. The molecule has 0 heterocycles. The van der Waals surface area contributed by atoms with Crippen LogP contribution in [0.1, 0.15) is 51.7 Å². The Hall–Kier alpha value is -1.68. The van der Waals surface area contributed by atoms with Gasteiger partial charge in [0, 0.05) is 24.9 Å². The second-order valence-electron chi connectivity index (χ2n) is 9.26. The Morgan fingerprint density at radius 1 is 1.14 bits per heavy atom. The van der Waals surface area contributed by atoms with Gasteiger partial charge < -0.3 is 0 Å². The predicted molar refractivity (Wildman–Crippen MR) is 131 cm³/mol. The Balaban J connectivity index is 2.58. The quantitative estimate of drug-likeness (QED) is 0.328. The van der Waals surface area contributed by atoms with Crippen molar-refractivity contribution in [2.45, 2.75) is 53.5 Å². The molecule has 0 bridgehead atoms. The molecule has 3 heteroatoms. The molecular weight excluding hydrogens is 372 g/mol. The lowest BCUT2D eigenvalue weighted by atomic mass is 9.98. The number of nitriles is 1. The van der Waals surface area contributed by atoms with E-state index in [0.29, 0.717) is 6.42 Å². The lowest BCUT2D eigenvalue weighted by Gasteiger charge is -2.31. The molecule has 0 aliphatic rings. The van der Waals surface area contributed by atoms with Crippen molar-refractivity contribution in [1.29, 1.82) is 5.26 Å². The van der Waals surface area contributed by atoms with E-state index in [-0.39, 0.29) is 5.41 Å². The first-order valence-corrected chi connectivity index (χ1v) is 13.5. The van der Waals surface area contributed by atoms with E-state index >= 15 is 0 Å². The minimum atomic E-state index is -0.604. The van der Waals surface area contributed by atoms with Gasteiger partial charge in [-0.2, -0.15) is 5.26 Å². The largest absolute Gasteiger partial charge is 0.296 e. The third-order valence-corrected chi connectivity index (χ3v) is 7.49. The van der Waals surface area contributed by atoms with Crippen LogP contribution in [0.3, 0.4) is 0 Å². The standard InChI is InChI=1S/C26H40N2S/c1-7-28(19-11-8-9-17-26(2,3)4)23-25-15-13-14-24(22-25)16-21-29(5,6)20-12-10-18-27/h8,11,13-15,22H,7,10,12,16,19-21,23H2,1-6H3/b11-8+. The van der Waals surface area contributed by atoms with Gasteiger partial charge in [0.15, 0.2) is 0 Å². The molecule has 1 rings (SSSR count). The van der Waals surface area contributed by atoms with Crippen LogP contribution in [0.25, 0.3) is 0 Å².